The van der Waals surface area contributed by atoms with Gasteiger partial charge in [0.2, 0.25) is 6.79 Å². The molecule has 7 heteroatoms. The molecule has 1 aliphatic heterocycles. The highest BCUT2D eigenvalue weighted by Crippen LogP contribution is 2.36. The summed E-state index contributed by atoms with van der Waals surface area (Å²) in [6, 6.07) is 3.04. The zero-order valence-electron chi connectivity index (χ0n) is 10.6. The molecule has 0 aliphatic carbocycles. The van der Waals surface area contributed by atoms with Crippen LogP contribution in [-0.4, -0.2) is 44.3 Å². The zero-order valence-corrected chi connectivity index (χ0v) is 10.6. The third-order valence-corrected chi connectivity index (χ3v) is 2.72. The summed E-state index contributed by atoms with van der Waals surface area (Å²) in [7, 11) is 2.75. The number of carbonyl (C=O) groups is 2. The van der Waals surface area contributed by atoms with Crippen molar-refractivity contribution in [3.05, 3.63) is 17.7 Å². The molecule has 0 aromatic heterocycles. The summed E-state index contributed by atoms with van der Waals surface area (Å²) in [4.78, 5) is 24.5. The van der Waals surface area contributed by atoms with Crippen LogP contribution in [0.1, 0.15) is 10.4 Å². The smallest absolute Gasteiger partial charge is 0.325 e. The van der Waals surface area contributed by atoms with E-state index in [0.29, 0.717) is 11.5 Å². The lowest BCUT2D eigenvalue weighted by Gasteiger charge is -2.17. The van der Waals surface area contributed by atoms with Crippen molar-refractivity contribution in [2.75, 3.05) is 33.2 Å². The van der Waals surface area contributed by atoms with Crippen LogP contribution < -0.4 is 15.2 Å². The molecule has 0 radical (unpaired) electrons. The van der Waals surface area contributed by atoms with Crippen molar-refractivity contribution in [2.24, 2.45) is 0 Å². The molecular formula is C12H14N2O5. The number of likely N-dealkylation sites (N-methyl/N-ethyl adjacent to an activating group) is 1. The number of methoxy groups -OCH3 is 1. The van der Waals surface area contributed by atoms with Gasteiger partial charge in [0.25, 0.3) is 5.91 Å². The Labute approximate surface area is 109 Å². The molecule has 0 spiro atoms. The molecule has 2 N–H and O–H groups in total. The van der Waals surface area contributed by atoms with Gasteiger partial charge in [-0.25, -0.2) is 0 Å². The number of nitrogen functional groups attached to an aromatic ring is 1. The van der Waals surface area contributed by atoms with Crippen LogP contribution in [0.15, 0.2) is 12.1 Å². The van der Waals surface area contributed by atoms with E-state index in [-0.39, 0.29) is 30.5 Å². The molecule has 0 unspecified atom stereocenters. The second-order valence-corrected chi connectivity index (χ2v) is 4.03. The first-order chi connectivity index (χ1) is 9.02. The SMILES string of the molecule is COC(=O)CN(C)C(=O)c1cc2c(cc1N)OCO2. The largest absolute Gasteiger partial charge is 0.468 e. The monoisotopic (exact) mass is 266 g/mol. The molecule has 1 heterocycles. The molecule has 7 nitrogen and oxygen atoms in total. The molecule has 1 aliphatic rings. The minimum Gasteiger partial charge on any atom is -0.468 e. The van der Waals surface area contributed by atoms with E-state index in [0.717, 1.165) is 0 Å². The lowest BCUT2D eigenvalue weighted by atomic mass is 10.1. The summed E-state index contributed by atoms with van der Waals surface area (Å²) in [5.74, 6) is 0.0741. The highest BCUT2D eigenvalue weighted by Gasteiger charge is 2.22. The minimum absolute atomic E-state index is 0.102. The zero-order chi connectivity index (χ0) is 14.0. The summed E-state index contributed by atoms with van der Waals surface area (Å²) in [6.07, 6.45) is 0. The number of rotatable bonds is 3. The van der Waals surface area contributed by atoms with Gasteiger partial charge in [0, 0.05) is 18.8 Å². The number of nitrogens with two attached hydrogens (primary N) is 1. The van der Waals surface area contributed by atoms with E-state index in [4.69, 9.17) is 15.2 Å². The van der Waals surface area contributed by atoms with Crippen molar-refractivity contribution >= 4 is 17.6 Å². The first-order valence-electron chi connectivity index (χ1n) is 5.54. The number of nitrogens with zero attached hydrogens (tertiary/aromatic N) is 1. The fourth-order valence-electron chi connectivity index (χ4n) is 1.68. The van der Waals surface area contributed by atoms with Crippen LogP contribution in [0.3, 0.4) is 0 Å². The fourth-order valence-corrected chi connectivity index (χ4v) is 1.68. The number of carbonyl (C=O) groups excluding carboxylic acids is 2. The first kappa shape index (κ1) is 13.0. The maximum Gasteiger partial charge on any atom is 0.325 e. The molecule has 1 aromatic carbocycles. The molecule has 0 bridgehead atoms. The number of hydrogen-bond acceptors (Lipinski definition) is 6. The molecule has 0 atom stereocenters. The van der Waals surface area contributed by atoms with Gasteiger partial charge in [-0.3, -0.25) is 9.59 Å². The number of hydrogen-bond donors (Lipinski definition) is 1. The molecule has 0 saturated heterocycles. The van der Waals surface area contributed by atoms with Gasteiger partial charge in [-0.15, -0.1) is 0 Å². The highest BCUT2D eigenvalue weighted by atomic mass is 16.7. The van der Waals surface area contributed by atoms with Gasteiger partial charge < -0.3 is 24.8 Å². The first-order valence-corrected chi connectivity index (χ1v) is 5.54. The second-order valence-electron chi connectivity index (χ2n) is 4.03. The van der Waals surface area contributed by atoms with Gasteiger partial charge in [0.15, 0.2) is 11.5 Å². The van der Waals surface area contributed by atoms with Crippen LogP contribution in [0.4, 0.5) is 5.69 Å². The average molecular weight is 266 g/mol. The van der Waals surface area contributed by atoms with Crippen molar-refractivity contribution in [3.63, 3.8) is 0 Å². The molecule has 0 saturated carbocycles. The molecular weight excluding hydrogens is 252 g/mol. The predicted molar refractivity (Wildman–Crippen MR) is 66.0 cm³/mol. The average Bonchev–Trinajstić information content (AvgIpc) is 2.83. The summed E-state index contributed by atoms with van der Waals surface area (Å²) >= 11 is 0. The normalized spacial score (nSPS) is 12.1. The molecule has 1 amide bonds. The molecule has 1 aromatic rings. The number of esters is 1. The summed E-state index contributed by atoms with van der Waals surface area (Å²) in [6.45, 7) is -0.0480. The van der Waals surface area contributed by atoms with E-state index in [9.17, 15) is 9.59 Å². The van der Waals surface area contributed by atoms with E-state index >= 15 is 0 Å². The van der Waals surface area contributed by atoms with Crippen LogP contribution in [0.25, 0.3) is 0 Å². The Morgan fingerprint density at radius 3 is 2.63 bits per heavy atom. The van der Waals surface area contributed by atoms with E-state index < -0.39 is 5.97 Å². The fraction of sp³-hybridized carbons (Fsp3) is 0.333. The number of benzene rings is 1. The Kier molecular flexibility index (Phi) is 3.46. The van der Waals surface area contributed by atoms with E-state index in [1.54, 1.807) is 0 Å². The van der Waals surface area contributed by atoms with E-state index in [1.807, 2.05) is 0 Å². The van der Waals surface area contributed by atoms with Crippen molar-refractivity contribution in [2.45, 2.75) is 0 Å². The Morgan fingerprint density at radius 2 is 2.00 bits per heavy atom. The van der Waals surface area contributed by atoms with Crippen LogP contribution in [0.5, 0.6) is 11.5 Å². The van der Waals surface area contributed by atoms with Crippen molar-refractivity contribution < 1.29 is 23.8 Å². The predicted octanol–water partition coefficient (Wildman–Crippen LogP) is 0.243. The van der Waals surface area contributed by atoms with Crippen LogP contribution in [0.2, 0.25) is 0 Å². The van der Waals surface area contributed by atoms with Crippen LogP contribution in [-0.2, 0) is 9.53 Å². The Balaban J connectivity index is 2.22. The number of anilines is 1. The van der Waals surface area contributed by atoms with Crippen molar-refractivity contribution in [3.8, 4) is 11.5 Å². The van der Waals surface area contributed by atoms with Gasteiger partial charge in [-0.2, -0.15) is 0 Å². The third-order valence-electron chi connectivity index (χ3n) is 2.72. The van der Waals surface area contributed by atoms with Gasteiger partial charge >= 0.3 is 5.97 Å². The van der Waals surface area contributed by atoms with Crippen LogP contribution in [0, 0.1) is 0 Å². The summed E-state index contributed by atoms with van der Waals surface area (Å²) < 4.78 is 14.8. The minimum atomic E-state index is -0.504. The maximum absolute atomic E-state index is 12.2. The molecule has 19 heavy (non-hydrogen) atoms. The van der Waals surface area contributed by atoms with Gasteiger partial charge in [-0.05, 0) is 6.07 Å². The standard InChI is InChI=1S/C12H14N2O5/c1-14(5-11(15)17-2)12(16)7-3-9-10(4-8(7)13)19-6-18-9/h3-4H,5-6,13H2,1-2H3. The Hall–Kier alpha value is -2.44. The van der Waals surface area contributed by atoms with Gasteiger partial charge in [0.05, 0.1) is 12.7 Å². The van der Waals surface area contributed by atoms with Crippen molar-refractivity contribution in [1.29, 1.82) is 0 Å². The quantitative estimate of drug-likeness (QED) is 0.622. The lowest BCUT2D eigenvalue weighted by molar-refractivity contribution is -0.141. The topological polar surface area (TPSA) is 91.1 Å². The number of amides is 1. The van der Waals surface area contributed by atoms with E-state index in [1.165, 1.54) is 31.2 Å². The van der Waals surface area contributed by atoms with Gasteiger partial charge in [0.1, 0.15) is 6.54 Å². The lowest BCUT2D eigenvalue weighted by Crippen LogP contribution is -2.33. The molecule has 102 valence electrons. The summed E-state index contributed by atoms with van der Waals surface area (Å²) in [5.41, 5.74) is 6.33. The highest BCUT2D eigenvalue weighted by molar-refractivity contribution is 6.01. The Morgan fingerprint density at radius 1 is 1.37 bits per heavy atom. The van der Waals surface area contributed by atoms with Crippen LogP contribution >= 0.6 is 0 Å². The number of fused-ring (bicyclic) bond motifs is 1. The van der Waals surface area contributed by atoms with Gasteiger partial charge in [-0.1, -0.05) is 0 Å². The maximum atomic E-state index is 12.2. The molecule has 0 fully saturated rings. The van der Waals surface area contributed by atoms with E-state index in [2.05, 4.69) is 4.74 Å². The summed E-state index contributed by atoms with van der Waals surface area (Å²) in [5, 5.41) is 0. The second kappa shape index (κ2) is 5.05. The molecule has 2 rings (SSSR count). The van der Waals surface area contributed by atoms with Crippen molar-refractivity contribution in [1.82, 2.24) is 4.90 Å². The third kappa shape index (κ3) is 2.54. The number of ether oxygens (including phenoxy) is 3. The Bertz CT molecular complexity index is 529.